The number of hydrogen-bond donors (Lipinski definition) is 0. The van der Waals surface area contributed by atoms with E-state index in [-0.39, 0.29) is 4.90 Å². The van der Waals surface area contributed by atoms with Gasteiger partial charge in [-0.05, 0) is 35.7 Å². The van der Waals surface area contributed by atoms with E-state index >= 15 is 0 Å². The second-order valence-corrected chi connectivity index (χ2v) is 8.61. The zero-order valence-electron chi connectivity index (χ0n) is 13.2. The van der Waals surface area contributed by atoms with E-state index in [1.54, 1.807) is 24.3 Å². The minimum absolute atomic E-state index is 0.239. The molecule has 0 saturated carbocycles. The fourth-order valence-corrected chi connectivity index (χ4v) is 4.83. The Labute approximate surface area is 154 Å². The summed E-state index contributed by atoms with van der Waals surface area (Å²) in [6, 6.07) is 10.5. The molecular formula is C17H16BrClN2O2S. The highest BCUT2D eigenvalue weighted by atomic mass is 79.9. The van der Waals surface area contributed by atoms with Gasteiger partial charge in [0.15, 0.2) is 5.65 Å². The van der Waals surface area contributed by atoms with Gasteiger partial charge >= 0.3 is 0 Å². The molecule has 1 aromatic carbocycles. The molecule has 0 fully saturated rings. The molecule has 0 N–H and O–H groups in total. The first-order chi connectivity index (χ1) is 11.3. The second-order valence-electron chi connectivity index (χ2n) is 5.83. The lowest BCUT2D eigenvalue weighted by atomic mass is 10.0. The number of halogens is 2. The van der Waals surface area contributed by atoms with Crippen molar-refractivity contribution in [2.24, 2.45) is 0 Å². The van der Waals surface area contributed by atoms with E-state index in [1.165, 1.54) is 10.2 Å². The normalized spacial score (nSPS) is 12.2. The predicted molar refractivity (Wildman–Crippen MR) is 100 cm³/mol. The summed E-state index contributed by atoms with van der Waals surface area (Å²) in [4.78, 5) is 4.46. The Morgan fingerprint density at radius 1 is 1.21 bits per heavy atom. The van der Waals surface area contributed by atoms with Crippen LogP contribution in [0.5, 0.6) is 0 Å². The molecule has 3 aromatic rings. The fourth-order valence-electron chi connectivity index (χ4n) is 2.59. The highest BCUT2D eigenvalue weighted by Gasteiger charge is 2.23. The first-order valence-electron chi connectivity index (χ1n) is 7.42. The summed E-state index contributed by atoms with van der Waals surface area (Å²) in [7, 11) is -3.74. The van der Waals surface area contributed by atoms with E-state index in [1.807, 2.05) is 12.1 Å². The molecule has 0 amide bonds. The second kappa shape index (κ2) is 6.50. The van der Waals surface area contributed by atoms with Gasteiger partial charge in [0, 0.05) is 22.6 Å². The van der Waals surface area contributed by atoms with E-state index in [9.17, 15) is 8.42 Å². The van der Waals surface area contributed by atoms with Crippen LogP contribution >= 0.6 is 27.5 Å². The molecule has 0 unspecified atom stereocenters. The van der Waals surface area contributed by atoms with Crippen LogP contribution in [0.25, 0.3) is 11.0 Å². The zero-order valence-corrected chi connectivity index (χ0v) is 16.4. The Bertz CT molecular complexity index is 995. The van der Waals surface area contributed by atoms with Gasteiger partial charge in [-0.3, -0.25) is 0 Å². The van der Waals surface area contributed by atoms with Gasteiger partial charge in [0.2, 0.25) is 0 Å². The maximum Gasteiger partial charge on any atom is 0.269 e. The standard InChI is InChI=1S/C17H16BrClN2O2S/c1-11(2)12-3-5-16(6-4-12)24(22,23)21-15(9-18)8-13-7-14(19)10-20-17(13)21/h3-8,10-11H,9H2,1-2H3. The molecule has 0 aliphatic heterocycles. The monoisotopic (exact) mass is 426 g/mol. The lowest BCUT2D eigenvalue weighted by molar-refractivity contribution is 0.587. The smallest absolute Gasteiger partial charge is 0.236 e. The first kappa shape index (κ1) is 17.5. The van der Waals surface area contributed by atoms with Crippen LogP contribution in [0.1, 0.15) is 31.0 Å². The molecule has 0 radical (unpaired) electrons. The molecule has 0 aliphatic rings. The van der Waals surface area contributed by atoms with Crippen molar-refractivity contribution in [1.82, 2.24) is 8.96 Å². The Morgan fingerprint density at radius 3 is 2.46 bits per heavy atom. The van der Waals surface area contributed by atoms with Crippen molar-refractivity contribution < 1.29 is 8.42 Å². The average molecular weight is 428 g/mol. The van der Waals surface area contributed by atoms with Gasteiger partial charge in [0.05, 0.1) is 9.92 Å². The van der Waals surface area contributed by atoms with Crippen molar-refractivity contribution in [3.8, 4) is 0 Å². The molecule has 0 spiro atoms. The molecule has 126 valence electrons. The third kappa shape index (κ3) is 2.98. The predicted octanol–water partition coefficient (Wildman–Crippen LogP) is 4.95. The van der Waals surface area contributed by atoms with Gasteiger partial charge in [-0.25, -0.2) is 17.4 Å². The fraction of sp³-hybridized carbons (Fsp3) is 0.235. The van der Waals surface area contributed by atoms with Crippen LogP contribution in [0.2, 0.25) is 5.02 Å². The summed E-state index contributed by atoms with van der Waals surface area (Å²) in [5, 5.41) is 1.56. The lowest BCUT2D eigenvalue weighted by Gasteiger charge is -2.11. The van der Waals surface area contributed by atoms with Gasteiger partial charge in [-0.2, -0.15) is 0 Å². The van der Waals surface area contributed by atoms with E-state index in [0.717, 1.165) is 5.56 Å². The van der Waals surface area contributed by atoms with Crippen molar-refractivity contribution in [3.63, 3.8) is 0 Å². The lowest BCUT2D eigenvalue weighted by Crippen LogP contribution is -2.15. The van der Waals surface area contributed by atoms with Crippen LogP contribution in [-0.2, 0) is 15.4 Å². The van der Waals surface area contributed by atoms with Crippen LogP contribution in [0, 0.1) is 0 Å². The molecule has 0 bridgehead atoms. The summed E-state index contributed by atoms with van der Waals surface area (Å²) < 4.78 is 27.5. The molecule has 7 heteroatoms. The van der Waals surface area contributed by atoms with Crippen molar-refractivity contribution in [1.29, 1.82) is 0 Å². The van der Waals surface area contributed by atoms with E-state index in [4.69, 9.17) is 11.6 Å². The zero-order chi connectivity index (χ0) is 17.5. The van der Waals surface area contributed by atoms with Crippen LogP contribution in [-0.4, -0.2) is 17.4 Å². The number of hydrogen-bond acceptors (Lipinski definition) is 3. The Kier molecular flexibility index (Phi) is 4.73. The summed E-state index contributed by atoms with van der Waals surface area (Å²) >= 11 is 9.32. The van der Waals surface area contributed by atoms with E-state index in [0.29, 0.717) is 33.0 Å². The molecule has 24 heavy (non-hydrogen) atoms. The average Bonchev–Trinajstić information content (AvgIpc) is 2.93. The third-order valence-electron chi connectivity index (χ3n) is 3.86. The van der Waals surface area contributed by atoms with Crippen LogP contribution in [0.4, 0.5) is 0 Å². The van der Waals surface area contributed by atoms with E-state index < -0.39 is 10.0 Å². The van der Waals surface area contributed by atoms with Gasteiger partial charge in [0.25, 0.3) is 10.0 Å². The summed E-state index contributed by atoms with van der Waals surface area (Å²) in [6.07, 6.45) is 1.45. The van der Waals surface area contributed by atoms with Crippen LogP contribution in [0.3, 0.4) is 0 Å². The number of aromatic nitrogens is 2. The molecule has 0 saturated heterocycles. The molecule has 3 rings (SSSR count). The molecule has 2 aromatic heterocycles. The Morgan fingerprint density at radius 2 is 1.88 bits per heavy atom. The topological polar surface area (TPSA) is 52.0 Å². The van der Waals surface area contributed by atoms with Crippen LogP contribution in [0.15, 0.2) is 47.5 Å². The minimum atomic E-state index is -3.74. The summed E-state index contributed by atoms with van der Waals surface area (Å²) in [5.41, 5.74) is 2.08. The highest BCUT2D eigenvalue weighted by Crippen LogP contribution is 2.28. The maximum atomic E-state index is 13.1. The number of pyridine rings is 1. The van der Waals surface area contributed by atoms with Gasteiger partial charge in [-0.15, -0.1) is 0 Å². The van der Waals surface area contributed by atoms with Crippen molar-refractivity contribution in [2.75, 3.05) is 0 Å². The number of nitrogens with zero attached hydrogens (tertiary/aromatic N) is 2. The quantitative estimate of drug-likeness (QED) is 0.554. The van der Waals surface area contributed by atoms with Gasteiger partial charge in [0.1, 0.15) is 0 Å². The largest absolute Gasteiger partial charge is 0.269 e. The molecular weight excluding hydrogens is 412 g/mol. The molecule has 4 nitrogen and oxygen atoms in total. The van der Waals surface area contributed by atoms with E-state index in [2.05, 4.69) is 34.8 Å². The van der Waals surface area contributed by atoms with Gasteiger partial charge in [-0.1, -0.05) is 53.5 Å². The van der Waals surface area contributed by atoms with Crippen LogP contribution < -0.4 is 0 Å². The molecule has 2 heterocycles. The third-order valence-corrected chi connectivity index (χ3v) is 6.40. The Hall–Kier alpha value is -1.37. The number of alkyl halides is 1. The number of benzene rings is 1. The van der Waals surface area contributed by atoms with Crippen molar-refractivity contribution >= 4 is 48.6 Å². The highest BCUT2D eigenvalue weighted by molar-refractivity contribution is 9.08. The summed E-state index contributed by atoms with van der Waals surface area (Å²) in [5.74, 6) is 0.344. The molecule has 0 atom stereocenters. The number of rotatable bonds is 4. The minimum Gasteiger partial charge on any atom is -0.236 e. The molecule has 0 aliphatic carbocycles. The van der Waals surface area contributed by atoms with Crippen molar-refractivity contribution in [3.05, 3.63) is 58.9 Å². The van der Waals surface area contributed by atoms with Gasteiger partial charge < -0.3 is 0 Å². The maximum absolute atomic E-state index is 13.1. The first-order valence-corrected chi connectivity index (χ1v) is 10.4. The SMILES string of the molecule is CC(C)c1ccc(S(=O)(=O)n2c(CBr)cc3cc(Cl)cnc32)cc1. The Balaban J connectivity index is 2.21. The van der Waals surface area contributed by atoms with Crippen molar-refractivity contribution in [2.45, 2.75) is 30.0 Å². The number of fused-ring (bicyclic) bond motifs is 1. The summed E-state index contributed by atoms with van der Waals surface area (Å²) in [6.45, 7) is 4.14.